The fourth-order valence-electron chi connectivity index (χ4n) is 2.00. The number of alkyl halides is 2. The van der Waals surface area contributed by atoms with Gasteiger partial charge in [-0.1, -0.05) is 31.5 Å². The monoisotopic (exact) mass is 331 g/mol. The first kappa shape index (κ1) is 16.0. The molecule has 0 amide bonds. The third kappa shape index (κ3) is 4.32. The molecule has 0 fully saturated rings. The molecule has 2 nitrogen and oxygen atoms in total. The van der Waals surface area contributed by atoms with E-state index in [-0.39, 0.29) is 16.8 Å². The minimum Gasteiger partial charge on any atom is -0.433 e. The Morgan fingerprint density at radius 1 is 1.24 bits per heavy atom. The fraction of sp³-hybridized carbons (Fsp3) is 0.333. The molecule has 2 rings (SSSR count). The van der Waals surface area contributed by atoms with Gasteiger partial charge in [-0.05, 0) is 35.6 Å². The van der Waals surface area contributed by atoms with E-state index in [0.29, 0.717) is 5.92 Å². The predicted molar refractivity (Wildman–Crippen MR) is 83.6 cm³/mol. The standard InChI is InChI=1S/C15H16ClF2NOS/c1-9(2)14(13-4-3-7-21-13)19-10-5-6-12(11(16)8-10)20-15(17)18/h3-9,14-15,19H,1-2H3. The van der Waals surface area contributed by atoms with Crippen molar-refractivity contribution < 1.29 is 13.5 Å². The molecule has 1 N–H and O–H groups in total. The molecule has 1 aromatic heterocycles. The zero-order chi connectivity index (χ0) is 15.4. The van der Waals surface area contributed by atoms with Crippen LogP contribution in [-0.4, -0.2) is 6.61 Å². The summed E-state index contributed by atoms with van der Waals surface area (Å²) in [6.07, 6.45) is 0. The van der Waals surface area contributed by atoms with Crippen molar-refractivity contribution >= 4 is 28.6 Å². The minimum absolute atomic E-state index is 0.0190. The fourth-order valence-corrected chi connectivity index (χ4v) is 3.17. The number of anilines is 1. The number of benzene rings is 1. The van der Waals surface area contributed by atoms with Crippen LogP contribution in [-0.2, 0) is 0 Å². The first-order valence-corrected chi connectivity index (χ1v) is 7.77. The van der Waals surface area contributed by atoms with Crippen molar-refractivity contribution in [1.82, 2.24) is 0 Å². The highest BCUT2D eigenvalue weighted by Crippen LogP contribution is 2.33. The van der Waals surface area contributed by atoms with Crippen LogP contribution >= 0.6 is 22.9 Å². The molecule has 0 saturated heterocycles. The van der Waals surface area contributed by atoms with E-state index in [1.807, 2.05) is 11.4 Å². The van der Waals surface area contributed by atoms with Crippen LogP contribution in [0.3, 0.4) is 0 Å². The smallest absolute Gasteiger partial charge is 0.387 e. The lowest BCUT2D eigenvalue weighted by atomic mass is 10.0. The largest absolute Gasteiger partial charge is 0.433 e. The van der Waals surface area contributed by atoms with Crippen LogP contribution < -0.4 is 10.1 Å². The highest BCUT2D eigenvalue weighted by Gasteiger charge is 2.17. The quantitative estimate of drug-likeness (QED) is 0.721. The van der Waals surface area contributed by atoms with Gasteiger partial charge in [0.1, 0.15) is 5.75 Å². The van der Waals surface area contributed by atoms with E-state index in [1.54, 1.807) is 23.5 Å². The Morgan fingerprint density at radius 3 is 2.52 bits per heavy atom. The van der Waals surface area contributed by atoms with E-state index in [4.69, 9.17) is 11.6 Å². The molecule has 1 unspecified atom stereocenters. The van der Waals surface area contributed by atoms with Crippen LogP contribution in [0.1, 0.15) is 24.8 Å². The summed E-state index contributed by atoms with van der Waals surface area (Å²) in [7, 11) is 0. The van der Waals surface area contributed by atoms with Crippen molar-refractivity contribution in [3.63, 3.8) is 0 Å². The third-order valence-electron chi connectivity index (χ3n) is 2.99. The molecular formula is C15H16ClF2NOS. The summed E-state index contributed by atoms with van der Waals surface area (Å²) in [6, 6.07) is 8.95. The molecule has 0 aliphatic heterocycles. The highest BCUT2D eigenvalue weighted by molar-refractivity contribution is 7.10. The lowest BCUT2D eigenvalue weighted by Gasteiger charge is -2.23. The summed E-state index contributed by atoms with van der Waals surface area (Å²) in [5, 5.41) is 5.57. The van der Waals surface area contributed by atoms with Crippen molar-refractivity contribution in [2.24, 2.45) is 5.92 Å². The highest BCUT2D eigenvalue weighted by atomic mass is 35.5. The van der Waals surface area contributed by atoms with Crippen LogP contribution in [0.4, 0.5) is 14.5 Å². The van der Waals surface area contributed by atoms with E-state index in [2.05, 4.69) is 30.0 Å². The van der Waals surface area contributed by atoms with Crippen LogP contribution in [0.15, 0.2) is 35.7 Å². The number of hydrogen-bond acceptors (Lipinski definition) is 3. The summed E-state index contributed by atoms with van der Waals surface area (Å²) < 4.78 is 28.7. The molecule has 0 bridgehead atoms. The van der Waals surface area contributed by atoms with Crippen molar-refractivity contribution in [2.45, 2.75) is 26.5 Å². The predicted octanol–water partition coefficient (Wildman–Crippen LogP) is 5.81. The van der Waals surface area contributed by atoms with E-state index in [0.717, 1.165) is 5.69 Å². The van der Waals surface area contributed by atoms with Gasteiger partial charge in [0.2, 0.25) is 0 Å². The lowest BCUT2D eigenvalue weighted by Crippen LogP contribution is -2.15. The maximum absolute atomic E-state index is 12.2. The molecule has 1 heterocycles. The molecule has 114 valence electrons. The number of rotatable bonds is 6. The maximum atomic E-state index is 12.2. The second-order valence-electron chi connectivity index (χ2n) is 4.91. The van der Waals surface area contributed by atoms with Crippen molar-refractivity contribution in [3.05, 3.63) is 45.6 Å². The summed E-state index contributed by atoms with van der Waals surface area (Å²) >= 11 is 7.64. The van der Waals surface area contributed by atoms with Gasteiger partial charge < -0.3 is 10.1 Å². The molecule has 21 heavy (non-hydrogen) atoms. The van der Waals surface area contributed by atoms with Gasteiger partial charge in [-0.25, -0.2) is 0 Å². The zero-order valence-corrected chi connectivity index (χ0v) is 13.2. The first-order chi connectivity index (χ1) is 9.97. The van der Waals surface area contributed by atoms with Gasteiger partial charge >= 0.3 is 6.61 Å². The Morgan fingerprint density at radius 2 is 2.00 bits per heavy atom. The second kappa shape index (κ2) is 7.09. The average molecular weight is 332 g/mol. The van der Waals surface area contributed by atoms with Crippen molar-refractivity contribution in [1.29, 1.82) is 0 Å². The van der Waals surface area contributed by atoms with Gasteiger partial charge in [-0.2, -0.15) is 8.78 Å². The Labute approximate surface area is 131 Å². The van der Waals surface area contributed by atoms with Crippen LogP contribution in [0.5, 0.6) is 5.75 Å². The molecule has 1 aromatic carbocycles. The molecule has 0 radical (unpaired) electrons. The van der Waals surface area contributed by atoms with Gasteiger partial charge in [0.05, 0.1) is 11.1 Å². The van der Waals surface area contributed by atoms with Crippen molar-refractivity contribution in [3.8, 4) is 5.75 Å². The topological polar surface area (TPSA) is 21.3 Å². The SMILES string of the molecule is CC(C)C(Nc1ccc(OC(F)F)c(Cl)c1)c1cccs1. The van der Waals surface area contributed by atoms with Crippen molar-refractivity contribution in [2.75, 3.05) is 5.32 Å². The minimum atomic E-state index is -2.88. The summed E-state index contributed by atoms with van der Waals surface area (Å²) in [4.78, 5) is 1.22. The average Bonchev–Trinajstić information content (AvgIpc) is 2.91. The number of halogens is 3. The zero-order valence-electron chi connectivity index (χ0n) is 11.6. The summed E-state index contributed by atoms with van der Waals surface area (Å²) in [6.45, 7) is 1.36. The summed E-state index contributed by atoms with van der Waals surface area (Å²) in [5.41, 5.74) is 0.772. The first-order valence-electron chi connectivity index (χ1n) is 6.51. The molecule has 0 spiro atoms. The number of nitrogens with one attached hydrogen (secondary N) is 1. The Balaban J connectivity index is 2.16. The lowest BCUT2D eigenvalue weighted by molar-refractivity contribution is -0.0497. The Kier molecular flexibility index (Phi) is 5.42. The van der Waals surface area contributed by atoms with Crippen LogP contribution in [0.2, 0.25) is 5.02 Å². The molecule has 6 heteroatoms. The number of hydrogen-bond donors (Lipinski definition) is 1. The molecule has 0 saturated carbocycles. The van der Waals surface area contributed by atoms with Crippen LogP contribution in [0, 0.1) is 5.92 Å². The summed E-state index contributed by atoms with van der Waals surface area (Å²) in [5.74, 6) is 0.355. The van der Waals surface area contributed by atoms with E-state index in [1.165, 1.54) is 10.9 Å². The molecule has 0 aliphatic carbocycles. The Hall–Kier alpha value is -1.33. The second-order valence-corrected chi connectivity index (χ2v) is 6.29. The van der Waals surface area contributed by atoms with Gasteiger partial charge in [0.15, 0.2) is 0 Å². The molecule has 1 atom stereocenters. The maximum Gasteiger partial charge on any atom is 0.387 e. The number of thiophene rings is 1. The normalized spacial score (nSPS) is 12.7. The van der Waals surface area contributed by atoms with Crippen LogP contribution in [0.25, 0.3) is 0 Å². The third-order valence-corrected chi connectivity index (χ3v) is 4.24. The molecule has 0 aliphatic rings. The van der Waals surface area contributed by atoms with Gasteiger partial charge in [0.25, 0.3) is 0 Å². The van der Waals surface area contributed by atoms with E-state index in [9.17, 15) is 8.78 Å². The number of ether oxygens (including phenoxy) is 1. The van der Waals surface area contributed by atoms with Gasteiger partial charge in [-0.15, -0.1) is 11.3 Å². The van der Waals surface area contributed by atoms with E-state index < -0.39 is 6.61 Å². The molecular weight excluding hydrogens is 316 g/mol. The molecule has 2 aromatic rings. The Bertz CT molecular complexity index is 575. The van der Waals surface area contributed by atoms with E-state index >= 15 is 0 Å². The van der Waals surface area contributed by atoms with Gasteiger partial charge in [0, 0.05) is 10.6 Å². The van der Waals surface area contributed by atoms with Gasteiger partial charge in [-0.3, -0.25) is 0 Å².